The molecule has 2 atom stereocenters. The molecule has 1 aliphatic carbocycles. The second-order valence-corrected chi connectivity index (χ2v) is 7.36. The fourth-order valence-electron chi connectivity index (χ4n) is 3.13. The minimum absolute atomic E-state index is 0.339. The Balaban J connectivity index is 1.53. The maximum atomic E-state index is 5.82. The van der Waals surface area contributed by atoms with Crippen LogP contribution in [0.2, 0.25) is 0 Å². The minimum Gasteiger partial charge on any atom is -0.374 e. The van der Waals surface area contributed by atoms with Gasteiger partial charge in [0.2, 0.25) is 0 Å². The molecule has 112 valence electrons. The summed E-state index contributed by atoms with van der Waals surface area (Å²) in [6.07, 6.45) is 5.66. The Labute approximate surface area is 126 Å². The van der Waals surface area contributed by atoms with Crippen molar-refractivity contribution < 1.29 is 4.74 Å². The van der Waals surface area contributed by atoms with E-state index in [1.807, 2.05) is 11.3 Å². The number of nitrogens with zero attached hydrogens (tertiary/aromatic N) is 1. The van der Waals surface area contributed by atoms with E-state index < -0.39 is 0 Å². The number of fused-ring (bicyclic) bond motifs is 1. The van der Waals surface area contributed by atoms with Crippen molar-refractivity contribution in [1.82, 2.24) is 10.2 Å². The maximum Gasteiger partial charge on any atom is 0.0826 e. The van der Waals surface area contributed by atoms with E-state index in [-0.39, 0.29) is 0 Å². The first-order chi connectivity index (χ1) is 9.72. The van der Waals surface area contributed by atoms with Crippen LogP contribution in [-0.2, 0) is 17.6 Å². The van der Waals surface area contributed by atoms with Gasteiger partial charge in [-0.3, -0.25) is 0 Å². The van der Waals surface area contributed by atoms with Gasteiger partial charge in [-0.2, -0.15) is 0 Å². The molecule has 0 amide bonds. The van der Waals surface area contributed by atoms with Crippen molar-refractivity contribution in [3.8, 4) is 0 Å². The minimum atomic E-state index is 0.339. The fourth-order valence-corrected chi connectivity index (χ4v) is 4.41. The summed E-state index contributed by atoms with van der Waals surface area (Å²) in [4.78, 5) is 5.49. The monoisotopic (exact) mass is 294 g/mol. The van der Waals surface area contributed by atoms with Crippen LogP contribution in [0.5, 0.6) is 0 Å². The standard InChI is InChI=1S/C16H26N2OS/c1-12(17-10-14-11-18(2)7-8-19-14)16-9-13-5-3-4-6-15(13)20-16/h9,12,14,17H,3-8,10-11H2,1-2H3. The molecule has 0 spiro atoms. The van der Waals surface area contributed by atoms with Gasteiger partial charge in [-0.1, -0.05) is 0 Å². The Morgan fingerprint density at radius 1 is 1.45 bits per heavy atom. The van der Waals surface area contributed by atoms with E-state index in [0.717, 1.165) is 26.2 Å². The highest BCUT2D eigenvalue weighted by molar-refractivity contribution is 7.12. The molecule has 2 heterocycles. The highest BCUT2D eigenvalue weighted by atomic mass is 32.1. The molecule has 3 rings (SSSR count). The number of aryl methyl sites for hydroxylation is 2. The summed E-state index contributed by atoms with van der Waals surface area (Å²) in [7, 11) is 2.17. The van der Waals surface area contributed by atoms with Crippen LogP contribution in [0.25, 0.3) is 0 Å². The number of nitrogens with one attached hydrogen (secondary N) is 1. The molecule has 3 nitrogen and oxygen atoms in total. The van der Waals surface area contributed by atoms with E-state index in [2.05, 4.69) is 30.3 Å². The molecule has 0 saturated carbocycles. The zero-order valence-corrected chi connectivity index (χ0v) is 13.5. The first-order valence-corrected chi connectivity index (χ1v) is 8.69. The van der Waals surface area contributed by atoms with Crippen molar-refractivity contribution in [1.29, 1.82) is 0 Å². The molecular formula is C16H26N2OS. The lowest BCUT2D eigenvalue weighted by molar-refractivity contribution is -0.0190. The van der Waals surface area contributed by atoms with Crippen LogP contribution < -0.4 is 5.32 Å². The maximum absolute atomic E-state index is 5.82. The van der Waals surface area contributed by atoms with E-state index >= 15 is 0 Å². The largest absolute Gasteiger partial charge is 0.374 e. The molecule has 1 aromatic rings. The lowest BCUT2D eigenvalue weighted by atomic mass is 9.99. The average Bonchev–Trinajstić information content (AvgIpc) is 2.89. The first-order valence-electron chi connectivity index (χ1n) is 7.87. The number of morpholine rings is 1. The van der Waals surface area contributed by atoms with Crippen LogP contribution in [0.1, 0.15) is 41.1 Å². The Hall–Kier alpha value is -0.420. The summed E-state index contributed by atoms with van der Waals surface area (Å²) in [6, 6.07) is 2.88. The summed E-state index contributed by atoms with van der Waals surface area (Å²) < 4.78 is 5.82. The van der Waals surface area contributed by atoms with E-state index in [1.54, 1.807) is 10.4 Å². The molecule has 20 heavy (non-hydrogen) atoms. The number of ether oxygens (including phenoxy) is 1. The number of thiophene rings is 1. The summed E-state index contributed by atoms with van der Waals surface area (Å²) in [5, 5.41) is 3.66. The van der Waals surface area contributed by atoms with Crippen molar-refractivity contribution in [3.05, 3.63) is 21.4 Å². The summed E-state index contributed by atoms with van der Waals surface area (Å²) in [6.45, 7) is 6.20. The predicted octanol–water partition coefficient (Wildman–Crippen LogP) is 2.61. The Kier molecular flexibility index (Phi) is 4.76. The van der Waals surface area contributed by atoms with Crippen LogP contribution in [0.3, 0.4) is 0 Å². The zero-order valence-electron chi connectivity index (χ0n) is 12.7. The van der Waals surface area contributed by atoms with Gasteiger partial charge < -0.3 is 15.0 Å². The van der Waals surface area contributed by atoms with Gasteiger partial charge in [0.1, 0.15) is 0 Å². The third-order valence-corrected chi connectivity index (χ3v) is 5.86. The van der Waals surface area contributed by atoms with Crippen LogP contribution in [0.15, 0.2) is 6.07 Å². The molecule has 2 aliphatic rings. The van der Waals surface area contributed by atoms with E-state index in [0.29, 0.717) is 12.1 Å². The van der Waals surface area contributed by atoms with Crippen molar-refractivity contribution in [2.45, 2.75) is 44.8 Å². The molecule has 1 aliphatic heterocycles. The van der Waals surface area contributed by atoms with Gasteiger partial charge in [-0.05, 0) is 51.3 Å². The van der Waals surface area contributed by atoms with Gasteiger partial charge in [0.15, 0.2) is 0 Å². The highest BCUT2D eigenvalue weighted by Gasteiger charge is 2.20. The molecule has 0 bridgehead atoms. The van der Waals surface area contributed by atoms with Crippen molar-refractivity contribution in [3.63, 3.8) is 0 Å². The van der Waals surface area contributed by atoms with Gasteiger partial charge in [-0.15, -0.1) is 11.3 Å². The molecular weight excluding hydrogens is 268 g/mol. The number of hydrogen-bond acceptors (Lipinski definition) is 4. The van der Waals surface area contributed by atoms with Crippen molar-refractivity contribution in [2.75, 3.05) is 33.3 Å². The fraction of sp³-hybridized carbons (Fsp3) is 0.750. The molecule has 1 saturated heterocycles. The van der Waals surface area contributed by atoms with E-state index in [9.17, 15) is 0 Å². The van der Waals surface area contributed by atoms with Crippen molar-refractivity contribution >= 4 is 11.3 Å². The van der Waals surface area contributed by atoms with Crippen LogP contribution in [0, 0.1) is 0 Å². The molecule has 4 heteroatoms. The number of hydrogen-bond donors (Lipinski definition) is 1. The van der Waals surface area contributed by atoms with Gasteiger partial charge in [0, 0.05) is 35.4 Å². The topological polar surface area (TPSA) is 24.5 Å². The Morgan fingerprint density at radius 2 is 2.30 bits per heavy atom. The molecule has 0 radical (unpaired) electrons. The summed E-state index contributed by atoms with van der Waals surface area (Å²) in [5.41, 5.74) is 1.61. The number of rotatable bonds is 4. The SMILES string of the molecule is CC(NCC1CN(C)CCO1)c1cc2c(s1)CCCC2. The van der Waals surface area contributed by atoms with Crippen LogP contribution in [0.4, 0.5) is 0 Å². The Morgan fingerprint density at radius 3 is 3.10 bits per heavy atom. The number of likely N-dealkylation sites (N-methyl/N-ethyl adjacent to an activating group) is 1. The summed E-state index contributed by atoms with van der Waals surface area (Å²) >= 11 is 2.02. The van der Waals surface area contributed by atoms with Crippen LogP contribution >= 0.6 is 11.3 Å². The first kappa shape index (κ1) is 14.5. The van der Waals surface area contributed by atoms with Gasteiger partial charge in [0.05, 0.1) is 12.7 Å². The molecule has 2 unspecified atom stereocenters. The third kappa shape index (κ3) is 3.42. The molecule has 0 aromatic carbocycles. The van der Waals surface area contributed by atoms with Gasteiger partial charge >= 0.3 is 0 Å². The lowest BCUT2D eigenvalue weighted by Gasteiger charge is -2.30. The second-order valence-electron chi connectivity index (χ2n) is 6.19. The average molecular weight is 294 g/mol. The van der Waals surface area contributed by atoms with Crippen LogP contribution in [-0.4, -0.2) is 44.3 Å². The quantitative estimate of drug-likeness (QED) is 0.924. The van der Waals surface area contributed by atoms with Gasteiger partial charge in [-0.25, -0.2) is 0 Å². The molecule has 1 N–H and O–H groups in total. The smallest absolute Gasteiger partial charge is 0.0826 e. The summed E-state index contributed by atoms with van der Waals surface area (Å²) in [5.74, 6) is 0. The third-order valence-electron chi connectivity index (χ3n) is 4.44. The normalized spacial score (nSPS) is 25.4. The highest BCUT2D eigenvalue weighted by Crippen LogP contribution is 2.32. The van der Waals surface area contributed by atoms with E-state index in [1.165, 1.54) is 30.6 Å². The Bertz CT molecular complexity index is 422. The van der Waals surface area contributed by atoms with Gasteiger partial charge in [0.25, 0.3) is 0 Å². The van der Waals surface area contributed by atoms with E-state index in [4.69, 9.17) is 4.74 Å². The van der Waals surface area contributed by atoms with Crippen molar-refractivity contribution in [2.24, 2.45) is 0 Å². The predicted molar refractivity (Wildman–Crippen MR) is 84.6 cm³/mol. The zero-order chi connectivity index (χ0) is 13.9. The molecule has 1 fully saturated rings. The molecule has 1 aromatic heterocycles. The second kappa shape index (κ2) is 6.56. The lowest BCUT2D eigenvalue weighted by Crippen LogP contribution is -2.45.